The highest BCUT2D eigenvalue weighted by molar-refractivity contribution is 5.88. The number of unbranched alkanes of at least 4 members (excludes halogenated alkanes) is 9. The average Bonchev–Trinajstić information content (AvgIpc) is 2.84. The molecule has 1 heterocycles. The van der Waals surface area contributed by atoms with E-state index in [4.69, 9.17) is 4.74 Å². The maximum atomic E-state index is 11.7. The summed E-state index contributed by atoms with van der Waals surface area (Å²) in [5, 5.41) is 9.95. The first kappa shape index (κ1) is 19.5. The number of imidazole rings is 1. The van der Waals surface area contributed by atoms with E-state index < -0.39 is 5.97 Å². The second-order valence-electron chi connectivity index (χ2n) is 6.19. The second-order valence-corrected chi connectivity index (χ2v) is 6.19. The van der Waals surface area contributed by atoms with Gasteiger partial charge in [0.15, 0.2) is 5.69 Å². The molecule has 0 aromatic carbocycles. The van der Waals surface area contributed by atoms with E-state index in [9.17, 15) is 10.0 Å². The molecular weight excluding hydrogens is 292 g/mol. The smallest absolute Gasteiger partial charge is 0.358 e. The lowest BCUT2D eigenvalue weighted by atomic mass is 10.0. The SMILES string of the molecule is CCCCCCCCCCCCc1c(C(=O)OC)nc(C)n1O. The summed E-state index contributed by atoms with van der Waals surface area (Å²) in [7, 11) is 1.33. The molecule has 0 aliphatic carbocycles. The third-order valence-corrected chi connectivity index (χ3v) is 4.26. The van der Waals surface area contributed by atoms with Gasteiger partial charge in [0.2, 0.25) is 0 Å². The zero-order valence-electron chi connectivity index (χ0n) is 14.9. The predicted octanol–water partition coefficient (Wildman–Crippen LogP) is 4.68. The van der Waals surface area contributed by atoms with Crippen LogP contribution < -0.4 is 0 Å². The van der Waals surface area contributed by atoms with Crippen molar-refractivity contribution < 1.29 is 14.7 Å². The number of nitrogens with zero attached hydrogens (tertiary/aromatic N) is 2. The summed E-state index contributed by atoms with van der Waals surface area (Å²) in [6, 6.07) is 0. The van der Waals surface area contributed by atoms with Gasteiger partial charge in [-0.25, -0.2) is 9.78 Å². The molecule has 1 aromatic heterocycles. The molecule has 0 aliphatic rings. The van der Waals surface area contributed by atoms with Crippen LogP contribution in [-0.2, 0) is 11.2 Å². The normalized spacial score (nSPS) is 10.9. The molecule has 1 aromatic rings. The standard InChI is InChI=1S/C18H32N2O3/c1-4-5-6-7-8-9-10-11-12-13-14-16-17(18(21)23-3)19-15(2)20(16)22/h22H,4-14H2,1-3H3. The summed E-state index contributed by atoms with van der Waals surface area (Å²) < 4.78 is 5.73. The highest BCUT2D eigenvalue weighted by Gasteiger charge is 2.20. The van der Waals surface area contributed by atoms with Crippen LogP contribution >= 0.6 is 0 Å². The molecule has 0 atom stereocenters. The molecule has 23 heavy (non-hydrogen) atoms. The summed E-state index contributed by atoms with van der Waals surface area (Å²) in [5.41, 5.74) is 0.803. The zero-order chi connectivity index (χ0) is 17.1. The van der Waals surface area contributed by atoms with E-state index in [1.807, 2.05) is 0 Å². The maximum Gasteiger partial charge on any atom is 0.358 e. The van der Waals surface area contributed by atoms with Crippen LogP contribution in [0.2, 0.25) is 0 Å². The Kier molecular flexibility index (Phi) is 9.41. The molecule has 0 saturated carbocycles. The summed E-state index contributed by atoms with van der Waals surface area (Å²) >= 11 is 0. The first-order chi connectivity index (χ1) is 11.1. The van der Waals surface area contributed by atoms with Crippen LogP contribution in [0.3, 0.4) is 0 Å². The van der Waals surface area contributed by atoms with E-state index in [1.54, 1.807) is 6.92 Å². The van der Waals surface area contributed by atoms with Crippen LogP contribution in [0.15, 0.2) is 0 Å². The van der Waals surface area contributed by atoms with Crippen molar-refractivity contribution in [1.29, 1.82) is 0 Å². The Balaban J connectivity index is 2.22. The van der Waals surface area contributed by atoms with E-state index in [1.165, 1.54) is 58.5 Å². The van der Waals surface area contributed by atoms with Gasteiger partial charge in [-0.05, 0) is 19.8 Å². The van der Waals surface area contributed by atoms with Gasteiger partial charge >= 0.3 is 5.97 Å². The summed E-state index contributed by atoms with van der Waals surface area (Å²) in [6.45, 7) is 3.92. The van der Waals surface area contributed by atoms with Crippen molar-refractivity contribution in [1.82, 2.24) is 9.71 Å². The van der Waals surface area contributed by atoms with Crippen LogP contribution in [0.1, 0.15) is 93.1 Å². The van der Waals surface area contributed by atoms with E-state index in [0.717, 1.165) is 17.6 Å². The predicted molar refractivity (Wildman–Crippen MR) is 91.0 cm³/mol. The quantitative estimate of drug-likeness (QED) is 0.344. The molecule has 5 nitrogen and oxygen atoms in total. The second kappa shape index (κ2) is 11.1. The minimum Gasteiger partial charge on any atom is -0.464 e. The van der Waals surface area contributed by atoms with Gasteiger partial charge in [0.25, 0.3) is 0 Å². The van der Waals surface area contributed by atoms with Crippen molar-refractivity contribution in [2.45, 2.75) is 84.5 Å². The zero-order valence-corrected chi connectivity index (χ0v) is 14.9. The van der Waals surface area contributed by atoms with Gasteiger partial charge in [-0.2, -0.15) is 4.73 Å². The first-order valence-electron chi connectivity index (χ1n) is 8.97. The van der Waals surface area contributed by atoms with Crippen molar-refractivity contribution in [3.8, 4) is 0 Å². The van der Waals surface area contributed by atoms with Crippen molar-refractivity contribution in [2.75, 3.05) is 7.11 Å². The van der Waals surface area contributed by atoms with Gasteiger partial charge in [-0.15, -0.1) is 0 Å². The third-order valence-electron chi connectivity index (χ3n) is 4.26. The van der Waals surface area contributed by atoms with Gasteiger partial charge in [-0.3, -0.25) is 0 Å². The number of carbonyl (C=O) groups is 1. The highest BCUT2D eigenvalue weighted by atomic mass is 16.5. The fraction of sp³-hybridized carbons (Fsp3) is 0.778. The first-order valence-corrected chi connectivity index (χ1v) is 8.97. The van der Waals surface area contributed by atoms with Crippen LogP contribution in [0, 0.1) is 6.92 Å². The Hall–Kier alpha value is -1.52. The monoisotopic (exact) mass is 324 g/mol. The molecule has 0 saturated heterocycles. The number of aromatic nitrogens is 2. The van der Waals surface area contributed by atoms with Crippen LogP contribution in [0.5, 0.6) is 0 Å². The molecule has 5 heteroatoms. The fourth-order valence-electron chi connectivity index (χ4n) is 2.83. The van der Waals surface area contributed by atoms with Gasteiger partial charge in [-0.1, -0.05) is 64.7 Å². The van der Waals surface area contributed by atoms with E-state index in [2.05, 4.69) is 11.9 Å². The third kappa shape index (κ3) is 6.63. The highest BCUT2D eigenvalue weighted by Crippen LogP contribution is 2.16. The molecule has 0 spiro atoms. The van der Waals surface area contributed by atoms with Gasteiger partial charge < -0.3 is 9.94 Å². The minimum absolute atomic E-state index is 0.239. The van der Waals surface area contributed by atoms with Gasteiger partial charge in [0, 0.05) is 0 Å². The van der Waals surface area contributed by atoms with Crippen LogP contribution in [-0.4, -0.2) is 28.0 Å². The Morgan fingerprint density at radius 1 is 1.04 bits per heavy atom. The Morgan fingerprint density at radius 3 is 2.09 bits per heavy atom. The average molecular weight is 324 g/mol. The fourth-order valence-corrected chi connectivity index (χ4v) is 2.83. The number of rotatable bonds is 12. The van der Waals surface area contributed by atoms with Gasteiger partial charge in [0.05, 0.1) is 12.8 Å². The number of esters is 1. The minimum atomic E-state index is -0.483. The van der Waals surface area contributed by atoms with Crippen molar-refractivity contribution >= 4 is 5.97 Å². The Morgan fingerprint density at radius 2 is 1.57 bits per heavy atom. The Bertz CT molecular complexity index is 469. The van der Waals surface area contributed by atoms with E-state index >= 15 is 0 Å². The van der Waals surface area contributed by atoms with Crippen LogP contribution in [0.4, 0.5) is 0 Å². The number of ether oxygens (including phenoxy) is 1. The number of aryl methyl sites for hydroxylation is 1. The molecule has 0 unspecified atom stereocenters. The van der Waals surface area contributed by atoms with Crippen molar-refractivity contribution in [2.24, 2.45) is 0 Å². The summed E-state index contributed by atoms with van der Waals surface area (Å²) in [6.07, 6.45) is 13.2. The maximum absolute atomic E-state index is 11.7. The van der Waals surface area contributed by atoms with Crippen LogP contribution in [0.25, 0.3) is 0 Å². The van der Waals surface area contributed by atoms with Gasteiger partial charge in [0.1, 0.15) is 5.82 Å². The molecular formula is C18H32N2O3. The number of carbonyl (C=O) groups excluding carboxylic acids is 1. The molecule has 0 radical (unpaired) electrons. The molecule has 1 rings (SSSR count). The van der Waals surface area contributed by atoms with E-state index in [-0.39, 0.29) is 5.69 Å². The van der Waals surface area contributed by atoms with Crippen molar-refractivity contribution in [3.63, 3.8) is 0 Å². The van der Waals surface area contributed by atoms with Crippen molar-refractivity contribution in [3.05, 3.63) is 17.2 Å². The summed E-state index contributed by atoms with van der Waals surface area (Å²) in [4.78, 5) is 15.8. The topological polar surface area (TPSA) is 64.3 Å². The lowest BCUT2D eigenvalue weighted by Crippen LogP contribution is -2.08. The van der Waals surface area contributed by atoms with E-state index in [0.29, 0.717) is 17.9 Å². The molecule has 1 N–H and O–H groups in total. The number of hydrogen-bond donors (Lipinski definition) is 1. The Labute approximate surface area is 140 Å². The molecule has 0 fully saturated rings. The number of hydrogen-bond acceptors (Lipinski definition) is 4. The summed E-state index contributed by atoms with van der Waals surface area (Å²) in [5.74, 6) is -0.0598. The molecule has 0 aliphatic heterocycles. The molecule has 132 valence electrons. The molecule has 0 amide bonds. The molecule has 0 bridgehead atoms. The number of methoxy groups -OCH3 is 1. The largest absolute Gasteiger partial charge is 0.464 e. The lowest BCUT2D eigenvalue weighted by Gasteiger charge is -2.05. The lowest BCUT2D eigenvalue weighted by molar-refractivity contribution is 0.0590.